The predicted molar refractivity (Wildman–Crippen MR) is 150 cm³/mol. The number of nitrogens with zero attached hydrogens (tertiary/aromatic N) is 1. The van der Waals surface area contributed by atoms with Crippen molar-refractivity contribution in [2.75, 3.05) is 0 Å². The first kappa shape index (κ1) is 21.1. The molecule has 0 spiro atoms. The summed E-state index contributed by atoms with van der Waals surface area (Å²) in [4.78, 5) is 26.2. The minimum atomic E-state index is -0.229. The van der Waals surface area contributed by atoms with Crippen molar-refractivity contribution < 1.29 is 9.59 Å². The number of allylic oxidation sites excluding steroid dienone is 1. The van der Waals surface area contributed by atoms with E-state index in [1.165, 1.54) is 48.3 Å². The van der Waals surface area contributed by atoms with Crippen molar-refractivity contribution in [1.29, 1.82) is 0 Å². The molecule has 0 saturated heterocycles. The minimum absolute atomic E-state index is 0.0486. The van der Waals surface area contributed by atoms with Crippen molar-refractivity contribution in [1.82, 2.24) is 4.57 Å². The van der Waals surface area contributed by atoms with Crippen molar-refractivity contribution >= 4 is 64.7 Å². The van der Waals surface area contributed by atoms with E-state index < -0.39 is 0 Å². The van der Waals surface area contributed by atoms with Crippen LogP contribution >= 0.6 is 0 Å². The molecule has 0 fully saturated rings. The van der Waals surface area contributed by atoms with E-state index in [0.29, 0.717) is 11.1 Å². The van der Waals surface area contributed by atoms with Gasteiger partial charge in [0.15, 0.2) is 0 Å². The van der Waals surface area contributed by atoms with Gasteiger partial charge in [-0.15, -0.1) is 0 Å². The third kappa shape index (κ3) is 2.62. The fourth-order valence-electron chi connectivity index (χ4n) is 6.40. The molecule has 2 aliphatic rings. The van der Waals surface area contributed by atoms with Gasteiger partial charge in [-0.25, -0.2) is 0 Å². The predicted octanol–water partition coefficient (Wildman–Crippen LogP) is 7.10. The Kier molecular flexibility index (Phi) is 4.04. The van der Waals surface area contributed by atoms with Gasteiger partial charge in [0.05, 0.1) is 0 Å². The summed E-state index contributed by atoms with van der Waals surface area (Å²) < 4.78 is 4.83. The van der Waals surface area contributed by atoms with Crippen molar-refractivity contribution in [3.05, 3.63) is 117 Å². The van der Waals surface area contributed by atoms with Gasteiger partial charge < -0.3 is 0 Å². The number of carbonyl (C=O) groups excluding carboxylic acids is 2. The van der Waals surface area contributed by atoms with E-state index in [-0.39, 0.29) is 37.1 Å². The number of benzene rings is 4. The fraction of sp³-hybridized carbons (Fsp3) is 0.0909. The van der Waals surface area contributed by atoms with Gasteiger partial charge >= 0.3 is 220 Å². The Labute approximate surface area is 219 Å². The Morgan fingerprint density at radius 2 is 1.41 bits per heavy atom. The van der Waals surface area contributed by atoms with E-state index in [4.69, 9.17) is 0 Å². The van der Waals surface area contributed by atoms with Gasteiger partial charge in [0, 0.05) is 0 Å². The third-order valence-electron chi connectivity index (χ3n) is 8.11. The second-order valence-corrected chi connectivity index (χ2v) is 12.7. The van der Waals surface area contributed by atoms with Crippen molar-refractivity contribution in [3.63, 3.8) is 0 Å². The first-order valence-corrected chi connectivity index (χ1v) is 14.2. The number of Topliss-reactive ketones (excluding diaryl/α,β-unsaturated/α-hetero) is 2. The molecule has 3 heterocycles. The van der Waals surface area contributed by atoms with Gasteiger partial charge in [-0.3, -0.25) is 0 Å². The molecule has 0 atom stereocenters. The van der Waals surface area contributed by atoms with Crippen molar-refractivity contribution in [3.8, 4) is 4.56 Å². The fourth-order valence-corrected chi connectivity index (χ4v) is 9.09. The molecule has 0 saturated carbocycles. The van der Waals surface area contributed by atoms with E-state index in [9.17, 15) is 9.59 Å². The van der Waals surface area contributed by atoms with E-state index in [1.807, 2.05) is 18.2 Å². The molecule has 3 nitrogen and oxygen atoms in total. The summed E-state index contributed by atoms with van der Waals surface area (Å²) in [6, 6.07) is 29.0. The summed E-state index contributed by atoms with van der Waals surface area (Å²) >= 11 is -0.0486. The number of para-hydroxylation sites is 1. The number of aromatic nitrogens is 1. The maximum absolute atomic E-state index is 13.1. The zero-order valence-electron chi connectivity index (χ0n) is 20.3. The molecule has 0 unspecified atom stereocenters. The first-order chi connectivity index (χ1) is 17.9. The van der Waals surface area contributed by atoms with Crippen LogP contribution in [-0.4, -0.2) is 30.6 Å². The molecule has 4 aromatic carbocycles. The Hall–Kier alpha value is -3.98. The molecule has 6 aromatic rings. The second-order valence-electron chi connectivity index (χ2n) is 10.5. The third-order valence-corrected chi connectivity index (χ3v) is 10.3. The molecular weight excluding hydrogens is 521 g/mol. The molecular formula is C33H21NO2Se. The SMILES string of the molecule is CC1(C)c2cc(C=C3C(=O)c4ccccc4C3=O)[se]c2-n2c3ccccc3c3cc4ccccc4c1c32. The molecule has 0 radical (unpaired) electrons. The van der Waals surface area contributed by atoms with E-state index in [1.54, 1.807) is 12.1 Å². The average molecular weight is 542 g/mol. The number of carbonyl (C=O) groups is 2. The van der Waals surface area contributed by atoms with Crippen molar-refractivity contribution in [2.45, 2.75) is 19.3 Å². The number of rotatable bonds is 1. The molecule has 4 heteroatoms. The number of hydrogen-bond acceptors (Lipinski definition) is 2. The zero-order chi connectivity index (χ0) is 25.1. The van der Waals surface area contributed by atoms with Crippen LogP contribution < -0.4 is 0 Å². The number of ketones is 2. The van der Waals surface area contributed by atoms with E-state index in [2.05, 4.69) is 79.1 Å². The molecule has 0 bridgehead atoms. The number of fused-ring (bicyclic) bond motifs is 8. The molecule has 1 aliphatic heterocycles. The van der Waals surface area contributed by atoms with Gasteiger partial charge in [0.1, 0.15) is 0 Å². The van der Waals surface area contributed by atoms with Crippen LogP contribution in [0.4, 0.5) is 0 Å². The van der Waals surface area contributed by atoms with E-state index in [0.717, 1.165) is 4.44 Å². The normalized spacial score (nSPS) is 15.6. The van der Waals surface area contributed by atoms with Crippen LogP contribution in [0.25, 0.3) is 43.2 Å². The topological polar surface area (TPSA) is 39.1 Å². The van der Waals surface area contributed by atoms with Crippen molar-refractivity contribution in [2.24, 2.45) is 0 Å². The van der Waals surface area contributed by atoms with Crippen LogP contribution in [0.5, 0.6) is 0 Å². The van der Waals surface area contributed by atoms with Gasteiger partial charge in [-0.1, -0.05) is 0 Å². The van der Waals surface area contributed by atoms with Gasteiger partial charge in [-0.2, -0.15) is 0 Å². The monoisotopic (exact) mass is 543 g/mol. The summed E-state index contributed by atoms with van der Waals surface area (Å²) in [7, 11) is 0. The van der Waals surface area contributed by atoms with Gasteiger partial charge in [-0.05, 0) is 0 Å². The van der Waals surface area contributed by atoms with Crippen LogP contribution in [0.1, 0.15) is 50.1 Å². The molecule has 37 heavy (non-hydrogen) atoms. The summed E-state index contributed by atoms with van der Waals surface area (Å²) in [5.41, 5.74) is 6.21. The van der Waals surface area contributed by atoms with Crippen LogP contribution in [0.15, 0.2) is 90.5 Å². The Balaban J connectivity index is 1.44. The summed E-state index contributed by atoms with van der Waals surface area (Å²) in [5.74, 6) is -0.325. The molecule has 0 amide bonds. The summed E-state index contributed by atoms with van der Waals surface area (Å²) in [6.07, 6.45) is 1.87. The zero-order valence-corrected chi connectivity index (χ0v) is 22.0. The van der Waals surface area contributed by atoms with Crippen LogP contribution in [0.3, 0.4) is 0 Å². The maximum atomic E-state index is 13.1. The standard InChI is InChI=1S/C33H21NO2Se/c1-33(2)26-17-19(16-25-30(35)22-12-5-6-13-23(22)31(25)36)37-32(26)34-27-14-8-7-11-21(27)24-15-18-9-3-4-10-20(18)28(33)29(24)34/h3-17H,1-2H3. The average Bonchev–Trinajstić information content (AvgIpc) is 3.55. The molecule has 1 aliphatic carbocycles. The van der Waals surface area contributed by atoms with Gasteiger partial charge in [0.2, 0.25) is 0 Å². The van der Waals surface area contributed by atoms with Crippen LogP contribution in [0, 0.1) is 0 Å². The molecule has 8 rings (SSSR count). The summed E-state index contributed by atoms with van der Waals surface area (Å²) in [5, 5.41) is 5.07. The second kappa shape index (κ2) is 7.07. The first-order valence-electron chi connectivity index (χ1n) is 12.5. The quantitative estimate of drug-likeness (QED) is 0.126. The molecule has 0 N–H and O–H groups in total. The Morgan fingerprint density at radius 1 is 0.757 bits per heavy atom. The van der Waals surface area contributed by atoms with E-state index >= 15 is 0 Å². The summed E-state index contributed by atoms with van der Waals surface area (Å²) in [6.45, 7) is 4.63. The van der Waals surface area contributed by atoms with Crippen LogP contribution in [-0.2, 0) is 5.41 Å². The molecule has 176 valence electrons. The van der Waals surface area contributed by atoms with Gasteiger partial charge in [0.25, 0.3) is 0 Å². The Morgan fingerprint density at radius 3 is 2.16 bits per heavy atom. The number of hydrogen-bond donors (Lipinski definition) is 0. The molecule has 2 aromatic heterocycles. The Bertz CT molecular complexity index is 2010. The van der Waals surface area contributed by atoms with Crippen LogP contribution in [0.2, 0.25) is 0 Å².